The summed E-state index contributed by atoms with van der Waals surface area (Å²) in [7, 11) is 0. The minimum atomic E-state index is -1.72. The molecule has 1 N–H and O–H groups in total. The lowest BCUT2D eigenvalue weighted by atomic mass is 9.78. The molecule has 3 fully saturated rings. The molecule has 8 heteroatoms. The summed E-state index contributed by atoms with van der Waals surface area (Å²) >= 11 is 0. The lowest BCUT2D eigenvalue weighted by Gasteiger charge is -2.31. The van der Waals surface area contributed by atoms with Crippen LogP contribution in [0.4, 0.5) is 0 Å². The lowest BCUT2D eigenvalue weighted by molar-refractivity contribution is -0.177. The number of aliphatic carboxylic acids is 1. The summed E-state index contributed by atoms with van der Waals surface area (Å²) in [5.41, 5.74) is -0.714. The summed E-state index contributed by atoms with van der Waals surface area (Å²) in [6.07, 6.45) is -1.11. The van der Waals surface area contributed by atoms with Crippen LogP contribution in [0.5, 0.6) is 0 Å². The van der Waals surface area contributed by atoms with Gasteiger partial charge in [-0.05, 0) is 27.2 Å². The third kappa shape index (κ3) is 2.46. The van der Waals surface area contributed by atoms with Crippen LogP contribution in [-0.4, -0.2) is 46.8 Å². The molecule has 6 atom stereocenters. The monoisotopic (exact) mass is 326 g/mol. The van der Waals surface area contributed by atoms with Gasteiger partial charge in [0.15, 0.2) is 0 Å². The number of ether oxygens (including phenoxy) is 3. The summed E-state index contributed by atoms with van der Waals surface area (Å²) in [5, 5.41) is 8.69. The summed E-state index contributed by atoms with van der Waals surface area (Å²) in [4.78, 5) is 46.6. The summed E-state index contributed by atoms with van der Waals surface area (Å²) in [5.74, 6) is -6.24. The SMILES string of the molecule is CC(C)(C)OC(=O)C1C2CC3C(OC(=O)C31)C2OC(=O)C(=O)O. The van der Waals surface area contributed by atoms with Crippen LogP contribution in [0.2, 0.25) is 0 Å². The third-order valence-electron chi connectivity index (χ3n) is 4.64. The molecule has 1 saturated heterocycles. The third-order valence-corrected chi connectivity index (χ3v) is 4.64. The van der Waals surface area contributed by atoms with E-state index in [9.17, 15) is 19.2 Å². The first kappa shape index (κ1) is 15.8. The molecule has 126 valence electrons. The number of hydrogen-bond donors (Lipinski definition) is 1. The van der Waals surface area contributed by atoms with Crippen LogP contribution in [0.25, 0.3) is 0 Å². The topological polar surface area (TPSA) is 116 Å². The van der Waals surface area contributed by atoms with Gasteiger partial charge in [0.1, 0.15) is 17.8 Å². The van der Waals surface area contributed by atoms with Crippen molar-refractivity contribution in [2.75, 3.05) is 0 Å². The highest BCUT2D eigenvalue weighted by Gasteiger charge is 2.70. The molecule has 2 aliphatic carbocycles. The van der Waals surface area contributed by atoms with E-state index in [-0.39, 0.29) is 5.92 Å². The predicted molar refractivity (Wildman–Crippen MR) is 71.8 cm³/mol. The number of carbonyl (C=O) groups excluding carboxylic acids is 3. The number of fused-ring (bicyclic) bond motifs is 1. The van der Waals surface area contributed by atoms with Crippen molar-refractivity contribution in [3.05, 3.63) is 0 Å². The molecular formula is C15H18O8. The van der Waals surface area contributed by atoms with Crippen LogP contribution in [0.15, 0.2) is 0 Å². The molecule has 1 heterocycles. The van der Waals surface area contributed by atoms with E-state index in [2.05, 4.69) is 0 Å². The molecular weight excluding hydrogens is 308 g/mol. The van der Waals surface area contributed by atoms with Crippen LogP contribution in [0.3, 0.4) is 0 Å². The van der Waals surface area contributed by atoms with E-state index < -0.39 is 59.4 Å². The fourth-order valence-corrected chi connectivity index (χ4v) is 4.01. The quantitative estimate of drug-likeness (QED) is 0.432. The van der Waals surface area contributed by atoms with Crippen molar-refractivity contribution in [3.8, 4) is 0 Å². The molecule has 6 unspecified atom stereocenters. The van der Waals surface area contributed by atoms with Gasteiger partial charge in [-0.15, -0.1) is 0 Å². The first-order chi connectivity index (χ1) is 10.6. The molecule has 8 nitrogen and oxygen atoms in total. The first-order valence-electron chi connectivity index (χ1n) is 7.47. The standard InChI is InChI=1S/C15H18O8/c1-15(2,3)23-13(19)8-6-4-5-7(8)12(18)21-9(5)10(6)22-14(20)11(16)17/h5-10H,4H2,1-3H3,(H,16,17). The second-order valence-corrected chi connectivity index (χ2v) is 7.23. The van der Waals surface area contributed by atoms with Gasteiger partial charge in [0.2, 0.25) is 0 Å². The van der Waals surface area contributed by atoms with Gasteiger partial charge in [-0.2, -0.15) is 0 Å². The van der Waals surface area contributed by atoms with Crippen molar-refractivity contribution >= 4 is 23.9 Å². The Morgan fingerprint density at radius 1 is 1.22 bits per heavy atom. The number of rotatable bonds is 2. The van der Waals surface area contributed by atoms with E-state index >= 15 is 0 Å². The van der Waals surface area contributed by atoms with Crippen LogP contribution in [-0.2, 0) is 33.4 Å². The Morgan fingerprint density at radius 3 is 2.43 bits per heavy atom. The van der Waals surface area contributed by atoms with Gasteiger partial charge in [-0.25, -0.2) is 9.59 Å². The average Bonchev–Trinajstić information content (AvgIpc) is 2.99. The van der Waals surface area contributed by atoms with Crippen LogP contribution < -0.4 is 0 Å². The molecule has 0 amide bonds. The smallest absolute Gasteiger partial charge is 0.417 e. The first-order valence-corrected chi connectivity index (χ1v) is 7.47. The summed E-state index contributed by atoms with van der Waals surface area (Å²) in [6, 6.07) is 0. The molecule has 0 aromatic rings. The molecule has 1 aliphatic heterocycles. The molecule has 0 aromatic carbocycles. The maximum atomic E-state index is 12.5. The van der Waals surface area contributed by atoms with Gasteiger partial charge in [-0.1, -0.05) is 0 Å². The molecule has 2 bridgehead atoms. The minimum absolute atomic E-state index is 0.239. The lowest BCUT2D eigenvalue weighted by Crippen LogP contribution is -2.45. The Morgan fingerprint density at radius 2 is 1.87 bits per heavy atom. The van der Waals surface area contributed by atoms with Gasteiger partial charge in [0.05, 0.1) is 11.8 Å². The predicted octanol–water partition coefficient (Wildman–Crippen LogP) is 0.132. The second-order valence-electron chi connectivity index (χ2n) is 7.23. The van der Waals surface area contributed by atoms with E-state index in [0.29, 0.717) is 6.42 Å². The molecule has 2 saturated carbocycles. The molecule has 0 spiro atoms. The van der Waals surface area contributed by atoms with Crippen molar-refractivity contribution < 1.29 is 38.5 Å². The van der Waals surface area contributed by atoms with Gasteiger partial charge < -0.3 is 19.3 Å². The van der Waals surface area contributed by atoms with Crippen molar-refractivity contribution in [1.82, 2.24) is 0 Å². The Labute approximate surface area is 132 Å². The highest BCUT2D eigenvalue weighted by molar-refractivity contribution is 6.28. The molecule has 0 radical (unpaired) electrons. The van der Waals surface area contributed by atoms with E-state index in [1.807, 2.05) is 0 Å². The van der Waals surface area contributed by atoms with Crippen molar-refractivity contribution in [3.63, 3.8) is 0 Å². The average molecular weight is 326 g/mol. The van der Waals surface area contributed by atoms with Crippen molar-refractivity contribution in [2.45, 2.75) is 45.0 Å². The van der Waals surface area contributed by atoms with Gasteiger partial charge in [0.25, 0.3) is 0 Å². The second kappa shape index (κ2) is 4.94. The fraction of sp³-hybridized carbons (Fsp3) is 0.733. The maximum absolute atomic E-state index is 12.5. The van der Waals surface area contributed by atoms with Gasteiger partial charge >= 0.3 is 23.9 Å². The fourth-order valence-electron chi connectivity index (χ4n) is 4.01. The molecule has 3 aliphatic rings. The molecule has 0 aromatic heterocycles. The number of hydrogen-bond acceptors (Lipinski definition) is 7. The molecule has 3 rings (SSSR count). The zero-order valence-corrected chi connectivity index (χ0v) is 13.0. The summed E-state index contributed by atoms with van der Waals surface area (Å²) in [6.45, 7) is 5.15. The van der Waals surface area contributed by atoms with Crippen LogP contribution >= 0.6 is 0 Å². The highest BCUT2D eigenvalue weighted by Crippen LogP contribution is 2.59. The number of carbonyl (C=O) groups is 4. The number of carboxylic acid groups (broad SMARTS) is 1. The van der Waals surface area contributed by atoms with E-state index in [1.54, 1.807) is 20.8 Å². The Hall–Kier alpha value is -2.12. The van der Waals surface area contributed by atoms with E-state index in [1.165, 1.54) is 0 Å². The normalized spacial score (nSPS) is 37.4. The maximum Gasteiger partial charge on any atom is 0.417 e. The Balaban J connectivity index is 1.84. The van der Waals surface area contributed by atoms with Crippen molar-refractivity contribution in [2.24, 2.45) is 23.7 Å². The van der Waals surface area contributed by atoms with Crippen LogP contribution in [0.1, 0.15) is 27.2 Å². The highest BCUT2D eigenvalue weighted by atomic mass is 16.6. The van der Waals surface area contributed by atoms with Gasteiger partial charge in [0, 0.05) is 11.8 Å². The van der Waals surface area contributed by atoms with Crippen LogP contribution in [0, 0.1) is 23.7 Å². The zero-order chi connectivity index (χ0) is 17.1. The number of esters is 3. The minimum Gasteiger partial charge on any atom is -0.473 e. The van der Waals surface area contributed by atoms with Gasteiger partial charge in [-0.3, -0.25) is 9.59 Å². The van der Waals surface area contributed by atoms with E-state index in [4.69, 9.17) is 19.3 Å². The zero-order valence-electron chi connectivity index (χ0n) is 13.0. The molecule has 23 heavy (non-hydrogen) atoms. The Bertz CT molecular complexity index is 589. The summed E-state index contributed by atoms with van der Waals surface area (Å²) < 4.78 is 15.6. The van der Waals surface area contributed by atoms with E-state index in [0.717, 1.165) is 0 Å². The number of carboxylic acids is 1. The van der Waals surface area contributed by atoms with Crippen molar-refractivity contribution in [1.29, 1.82) is 0 Å². The largest absolute Gasteiger partial charge is 0.473 e. The Kier molecular flexibility index (Phi) is 3.38.